The summed E-state index contributed by atoms with van der Waals surface area (Å²) in [7, 11) is 1.10. The molecule has 0 saturated carbocycles. The second kappa shape index (κ2) is 5.66. The molecule has 2 rings (SSSR count). The number of ether oxygens (including phenoxy) is 1. The Morgan fingerprint density at radius 2 is 1.81 bits per heavy atom. The van der Waals surface area contributed by atoms with Gasteiger partial charge in [-0.25, -0.2) is 13.6 Å². The summed E-state index contributed by atoms with van der Waals surface area (Å²) in [5, 5.41) is 10.9. The van der Waals surface area contributed by atoms with Crippen molar-refractivity contribution in [3.63, 3.8) is 0 Å². The van der Waals surface area contributed by atoms with Crippen molar-refractivity contribution >= 4 is 11.7 Å². The van der Waals surface area contributed by atoms with E-state index in [1.54, 1.807) is 0 Å². The Morgan fingerprint density at radius 1 is 1.19 bits per heavy atom. The van der Waals surface area contributed by atoms with Crippen molar-refractivity contribution in [1.82, 2.24) is 0 Å². The second-order valence-corrected chi connectivity index (χ2v) is 4.11. The summed E-state index contributed by atoms with van der Waals surface area (Å²) in [4.78, 5) is 21.6. The van der Waals surface area contributed by atoms with Gasteiger partial charge >= 0.3 is 5.97 Å². The molecular formula is C14H9F2NO4. The lowest BCUT2D eigenvalue weighted by Crippen LogP contribution is -2.03. The summed E-state index contributed by atoms with van der Waals surface area (Å²) in [6, 6.07) is 6.33. The van der Waals surface area contributed by atoms with Gasteiger partial charge in [-0.2, -0.15) is 0 Å². The van der Waals surface area contributed by atoms with Crippen LogP contribution >= 0.6 is 0 Å². The summed E-state index contributed by atoms with van der Waals surface area (Å²) in [5.74, 6) is -2.60. The first-order chi connectivity index (χ1) is 9.93. The Bertz CT molecular complexity index is 711. The molecule has 0 fully saturated rings. The van der Waals surface area contributed by atoms with Crippen molar-refractivity contribution in [1.29, 1.82) is 0 Å². The largest absolute Gasteiger partial charge is 0.465 e. The Balaban J connectivity index is 2.71. The summed E-state index contributed by atoms with van der Waals surface area (Å²) in [6.45, 7) is 0. The van der Waals surface area contributed by atoms with Gasteiger partial charge in [-0.1, -0.05) is 6.07 Å². The zero-order valence-corrected chi connectivity index (χ0v) is 10.8. The minimum absolute atomic E-state index is 0.111. The van der Waals surface area contributed by atoms with E-state index in [2.05, 4.69) is 4.74 Å². The van der Waals surface area contributed by atoms with E-state index in [1.165, 1.54) is 6.07 Å². The first kappa shape index (κ1) is 14.6. The van der Waals surface area contributed by atoms with Gasteiger partial charge in [0, 0.05) is 12.1 Å². The molecule has 0 bridgehead atoms. The number of carbonyl (C=O) groups is 1. The second-order valence-electron chi connectivity index (χ2n) is 4.11. The molecule has 5 nitrogen and oxygen atoms in total. The highest BCUT2D eigenvalue weighted by molar-refractivity contribution is 5.92. The lowest BCUT2D eigenvalue weighted by Gasteiger charge is -2.07. The van der Waals surface area contributed by atoms with Crippen LogP contribution in [0.25, 0.3) is 11.1 Å². The van der Waals surface area contributed by atoms with E-state index < -0.39 is 33.8 Å². The molecular weight excluding hydrogens is 284 g/mol. The van der Waals surface area contributed by atoms with Crippen LogP contribution in [-0.4, -0.2) is 18.0 Å². The quantitative estimate of drug-likeness (QED) is 0.494. The topological polar surface area (TPSA) is 69.4 Å². The first-order valence-electron chi connectivity index (χ1n) is 5.76. The van der Waals surface area contributed by atoms with Gasteiger partial charge in [0.15, 0.2) is 0 Å². The third kappa shape index (κ3) is 2.86. The van der Waals surface area contributed by atoms with Crippen molar-refractivity contribution in [3.05, 3.63) is 63.7 Å². The van der Waals surface area contributed by atoms with Crippen LogP contribution < -0.4 is 0 Å². The number of carbonyl (C=O) groups excluding carboxylic acids is 1. The summed E-state index contributed by atoms with van der Waals surface area (Å²) in [6.07, 6.45) is 0. The van der Waals surface area contributed by atoms with Crippen molar-refractivity contribution in [2.75, 3.05) is 7.11 Å². The average molecular weight is 293 g/mol. The fourth-order valence-electron chi connectivity index (χ4n) is 1.87. The van der Waals surface area contributed by atoms with E-state index in [0.717, 1.165) is 37.4 Å². The highest BCUT2D eigenvalue weighted by Crippen LogP contribution is 2.30. The Labute approximate surface area is 117 Å². The number of non-ortho nitro benzene ring substituents is 1. The molecule has 108 valence electrons. The summed E-state index contributed by atoms with van der Waals surface area (Å²) < 4.78 is 32.0. The zero-order valence-electron chi connectivity index (χ0n) is 10.8. The van der Waals surface area contributed by atoms with Crippen LogP contribution in [0.3, 0.4) is 0 Å². The van der Waals surface area contributed by atoms with Crippen LogP contribution in [0, 0.1) is 21.7 Å². The number of rotatable bonds is 3. The number of nitrogens with zero attached hydrogens (tertiary/aromatic N) is 1. The minimum atomic E-state index is -0.883. The molecule has 0 unspecified atom stereocenters. The van der Waals surface area contributed by atoms with Crippen molar-refractivity contribution < 1.29 is 23.2 Å². The van der Waals surface area contributed by atoms with Gasteiger partial charge in [0.25, 0.3) is 5.69 Å². The molecule has 0 N–H and O–H groups in total. The van der Waals surface area contributed by atoms with E-state index >= 15 is 0 Å². The molecule has 7 heteroatoms. The number of esters is 1. The fraction of sp³-hybridized carbons (Fsp3) is 0.0714. The number of hydrogen-bond donors (Lipinski definition) is 0. The van der Waals surface area contributed by atoms with Crippen LogP contribution in [0.1, 0.15) is 10.4 Å². The van der Waals surface area contributed by atoms with Gasteiger partial charge in [0.2, 0.25) is 0 Å². The molecule has 0 aliphatic carbocycles. The zero-order chi connectivity index (χ0) is 15.6. The highest BCUT2D eigenvalue weighted by Gasteiger charge is 2.19. The van der Waals surface area contributed by atoms with Crippen LogP contribution in [-0.2, 0) is 4.74 Å². The van der Waals surface area contributed by atoms with Crippen molar-refractivity contribution in [3.8, 4) is 11.1 Å². The maximum absolute atomic E-state index is 13.8. The Kier molecular flexibility index (Phi) is 3.93. The molecule has 0 aromatic heterocycles. The molecule has 0 aliphatic heterocycles. The molecule has 2 aromatic carbocycles. The molecule has 21 heavy (non-hydrogen) atoms. The van der Waals surface area contributed by atoms with Gasteiger partial charge in [0.05, 0.1) is 23.2 Å². The van der Waals surface area contributed by atoms with E-state index in [-0.39, 0.29) is 11.1 Å². The van der Waals surface area contributed by atoms with Crippen LogP contribution in [0.15, 0.2) is 36.4 Å². The molecule has 0 saturated heterocycles. The minimum Gasteiger partial charge on any atom is -0.465 e. The number of nitro groups is 1. The van der Waals surface area contributed by atoms with Crippen LogP contribution in [0.5, 0.6) is 0 Å². The first-order valence-corrected chi connectivity index (χ1v) is 5.76. The average Bonchev–Trinajstić information content (AvgIpc) is 2.45. The lowest BCUT2D eigenvalue weighted by molar-refractivity contribution is -0.384. The number of benzene rings is 2. The molecule has 0 radical (unpaired) electrons. The number of methoxy groups -OCH3 is 1. The predicted octanol–water partition coefficient (Wildman–Crippen LogP) is 3.33. The third-order valence-corrected chi connectivity index (χ3v) is 2.80. The molecule has 0 atom stereocenters. The third-order valence-electron chi connectivity index (χ3n) is 2.80. The molecule has 0 amide bonds. The molecule has 0 heterocycles. The monoisotopic (exact) mass is 293 g/mol. The van der Waals surface area contributed by atoms with Crippen LogP contribution in [0.4, 0.5) is 14.5 Å². The summed E-state index contributed by atoms with van der Waals surface area (Å²) in [5.41, 5.74) is -1.17. The normalized spacial score (nSPS) is 10.2. The maximum Gasteiger partial charge on any atom is 0.338 e. The van der Waals surface area contributed by atoms with Crippen molar-refractivity contribution in [2.45, 2.75) is 0 Å². The van der Waals surface area contributed by atoms with E-state index in [9.17, 15) is 23.7 Å². The predicted molar refractivity (Wildman–Crippen MR) is 69.8 cm³/mol. The van der Waals surface area contributed by atoms with Gasteiger partial charge in [-0.05, 0) is 23.8 Å². The highest BCUT2D eigenvalue weighted by atomic mass is 19.1. The van der Waals surface area contributed by atoms with Crippen LogP contribution in [0.2, 0.25) is 0 Å². The summed E-state index contributed by atoms with van der Waals surface area (Å²) >= 11 is 0. The van der Waals surface area contributed by atoms with Gasteiger partial charge < -0.3 is 4.74 Å². The van der Waals surface area contributed by atoms with Gasteiger partial charge in [-0.3, -0.25) is 10.1 Å². The maximum atomic E-state index is 13.8. The fourth-order valence-corrected chi connectivity index (χ4v) is 1.87. The van der Waals surface area contributed by atoms with Crippen molar-refractivity contribution in [2.24, 2.45) is 0 Å². The SMILES string of the molecule is COC(=O)c1cc(-c2c(F)cccc2F)cc([N+](=O)[O-])c1. The smallest absolute Gasteiger partial charge is 0.338 e. The van der Waals surface area contributed by atoms with Gasteiger partial charge in [0.1, 0.15) is 11.6 Å². The standard InChI is InChI=1S/C14H9F2NO4/c1-21-14(18)9-5-8(6-10(7-9)17(19)20)13-11(15)3-2-4-12(13)16/h2-7H,1H3. The lowest BCUT2D eigenvalue weighted by atomic mass is 10.0. The van der Waals surface area contributed by atoms with Gasteiger partial charge in [-0.15, -0.1) is 0 Å². The van der Waals surface area contributed by atoms with E-state index in [1.807, 2.05) is 0 Å². The molecule has 0 aliphatic rings. The molecule has 2 aromatic rings. The Morgan fingerprint density at radius 3 is 2.33 bits per heavy atom. The Hall–Kier alpha value is -2.83. The van der Waals surface area contributed by atoms with E-state index in [0.29, 0.717) is 0 Å². The number of nitro benzene ring substituents is 1. The number of halogens is 2. The number of hydrogen-bond acceptors (Lipinski definition) is 4. The van der Waals surface area contributed by atoms with E-state index in [4.69, 9.17) is 0 Å². The molecule has 0 spiro atoms.